The van der Waals surface area contributed by atoms with E-state index in [2.05, 4.69) is 15.3 Å². The van der Waals surface area contributed by atoms with Crippen molar-refractivity contribution < 1.29 is 9.53 Å². The molecular formula is C16H17N3O2. The molecule has 2 heterocycles. The minimum Gasteiger partial charge on any atom is -0.368 e. The molecule has 3 rings (SSSR count). The zero-order chi connectivity index (χ0) is 14.7. The first-order valence-corrected chi connectivity index (χ1v) is 7.06. The highest BCUT2D eigenvalue weighted by molar-refractivity contribution is 5.93. The molecule has 1 amide bonds. The second-order valence-electron chi connectivity index (χ2n) is 5.08. The number of hydrogen-bond donors (Lipinski definition) is 1. The normalized spacial score (nSPS) is 17.7. The van der Waals surface area contributed by atoms with E-state index >= 15 is 0 Å². The highest BCUT2D eigenvalue weighted by Gasteiger charge is 2.24. The van der Waals surface area contributed by atoms with E-state index in [1.807, 2.05) is 37.3 Å². The van der Waals surface area contributed by atoms with Crippen molar-refractivity contribution in [3.05, 3.63) is 42.1 Å². The molecule has 108 valence electrons. The molecule has 21 heavy (non-hydrogen) atoms. The van der Waals surface area contributed by atoms with Crippen LogP contribution in [0.5, 0.6) is 0 Å². The maximum absolute atomic E-state index is 12.1. The summed E-state index contributed by atoms with van der Waals surface area (Å²) in [5, 5.41) is 2.82. The molecule has 0 spiro atoms. The van der Waals surface area contributed by atoms with E-state index in [-0.39, 0.29) is 12.0 Å². The predicted octanol–water partition coefficient (Wildman–Crippen LogP) is 2.57. The van der Waals surface area contributed by atoms with Crippen LogP contribution < -0.4 is 5.32 Å². The molecule has 2 aromatic rings. The molecule has 1 aliphatic heterocycles. The maximum atomic E-state index is 12.1. The lowest BCUT2D eigenvalue weighted by molar-refractivity contribution is -0.124. The van der Waals surface area contributed by atoms with Gasteiger partial charge in [0, 0.05) is 23.9 Å². The topological polar surface area (TPSA) is 64.1 Å². The number of aryl methyl sites for hydroxylation is 1. The van der Waals surface area contributed by atoms with Crippen molar-refractivity contribution in [2.45, 2.75) is 25.9 Å². The number of benzene rings is 1. The third-order valence-corrected chi connectivity index (χ3v) is 3.36. The Hall–Kier alpha value is -2.27. The number of hydrogen-bond acceptors (Lipinski definition) is 4. The van der Waals surface area contributed by atoms with E-state index in [0.29, 0.717) is 18.2 Å². The van der Waals surface area contributed by atoms with Gasteiger partial charge < -0.3 is 10.1 Å². The Morgan fingerprint density at radius 1 is 1.29 bits per heavy atom. The van der Waals surface area contributed by atoms with Gasteiger partial charge in [0.05, 0.1) is 0 Å². The fourth-order valence-corrected chi connectivity index (χ4v) is 2.34. The molecular weight excluding hydrogens is 266 g/mol. The van der Waals surface area contributed by atoms with Crippen LogP contribution >= 0.6 is 0 Å². The first-order valence-electron chi connectivity index (χ1n) is 7.06. The average Bonchev–Trinajstić information content (AvgIpc) is 3.02. The monoisotopic (exact) mass is 283 g/mol. The first-order chi connectivity index (χ1) is 10.2. The van der Waals surface area contributed by atoms with Crippen molar-refractivity contribution in [2.24, 2.45) is 0 Å². The number of aromatic nitrogens is 2. The third-order valence-electron chi connectivity index (χ3n) is 3.36. The lowest BCUT2D eigenvalue weighted by Crippen LogP contribution is -2.27. The van der Waals surface area contributed by atoms with Gasteiger partial charge in [0.2, 0.25) is 0 Å². The molecule has 1 aliphatic rings. The minimum atomic E-state index is -0.361. The highest BCUT2D eigenvalue weighted by Crippen LogP contribution is 2.19. The van der Waals surface area contributed by atoms with Gasteiger partial charge >= 0.3 is 0 Å². The smallest absolute Gasteiger partial charge is 0.254 e. The lowest BCUT2D eigenvalue weighted by Gasteiger charge is -2.11. The van der Waals surface area contributed by atoms with Gasteiger partial charge in [0.1, 0.15) is 11.9 Å². The molecule has 1 aromatic carbocycles. The summed E-state index contributed by atoms with van der Waals surface area (Å²) in [7, 11) is 0. The van der Waals surface area contributed by atoms with Crippen LogP contribution in [0.2, 0.25) is 0 Å². The third kappa shape index (κ3) is 3.25. The Morgan fingerprint density at radius 2 is 2.10 bits per heavy atom. The van der Waals surface area contributed by atoms with Crippen LogP contribution in [0.4, 0.5) is 5.82 Å². The average molecular weight is 283 g/mol. The largest absolute Gasteiger partial charge is 0.368 e. The van der Waals surface area contributed by atoms with Gasteiger partial charge in [-0.25, -0.2) is 9.97 Å². The van der Waals surface area contributed by atoms with Crippen molar-refractivity contribution in [3.63, 3.8) is 0 Å². The Kier molecular flexibility index (Phi) is 3.92. The predicted molar refractivity (Wildman–Crippen MR) is 79.8 cm³/mol. The molecule has 0 saturated carbocycles. The standard InChI is InChI=1S/C16H17N3O2/c1-11-10-14(19-16(20)13-8-5-9-21-13)18-15(17-11)12-6-3-2-4-7-12/h2-4,6-7,10,13H,5,8-9H2,1H3,(H,17,18,19,20)/t13-/m1/s1. The maximum Gasteiger partial charge on any atom is 0.254 e. The Labute approximate surface area is 123 Å². The van der Waals surface area contributed by atoms with Gasteiger partial charge in [-0.1, -0.05) is 30.3 Å². The molecule has 1 saturated heterocycles. The second-order valence-corrected chi connectivity index (χ2v) is 5.08. The fraction of sp³-hybridized carbons (Fsp3) is 0.312. The number of nitrogens with zero attached hydrogens (tertiary/aromatic N) is 2. The number of carbonyl (C=O) groups excluding carboxylic acids is 1. The van der Waals surface area contributed by atoms with Crippen LogP contribution in [-0.4, -0.2) is 28.6 Å². The molecule has 5 heteroatoms. The first kappa shape index (κ1) is 13.7. The van der Waals surface area contributed by atoms with Gasteiger partial charge in [-0.05, 0) is 19.8 Å². The molecule has 1 aromatic heterocycles. The lowest BCUT2D eigenvalue weighted by atomic mass is 10.2. The van der Waals surface area contributed by atoms with Crippen molar-refractivity contribution in [1.82, 2.24) is 9.97 Å². The van der Waals surface area contributed by atoms with Gasteiger partial charge in [-0.2, -0.15) is 0 Å². The van der Waals surface area contributed by atoms with Crippen LogP contribution in [-0.2, 0) is 9.53 Å². The van der Waals surface area contributed by atoms with E-state index in [4.69, 9.17) is 4.74 Å². The van der Waals surface area contributed by atoms with Crippen molar-refractivity contribution in [2.75, 3.05) is 11.9 Å². The molecule has 1 fully saturated rings. The van der Waals surface area contributed by atoms with Gasteiger partial charge in [0.25, 0.3) is 5.91 Å². The van der Waals surface area contributed by atoms with Gasteiger partial charge in [-0.15, -0.1) is 0 Å². The second kappa shape index (κ2) is 6.01. The summed E-state index contributed by atoms with van der Waals surface area (Å²) in [4.78, 5) is 20.9. The van der Waals surface area contributed by atoms with Crippen LogP contribution in [0.15, 0.2) is 36.4 Å². The van der Waals surface area contributed by atoms with Gasteiger partial charge in [-0.3, -0.25) is 4.79 Å². The zero-order valence-electron chi connectivity index (χ0n) is 11.9. The summed E-state index contributed by atoms with van der Waals surface area (Å²) in [6.07, 6.45) is 1.33. The number of anilines is 1. The van der Waals surface area contributed by atoms with E-state index in [1.165, 1.54) is 0 Å². The van der Waals surface area contributed by atoms with Crippen LogP contribution in [0.1, 0.15) is 18.5 Å². The summed E-state index contributed by atoms with van der Waals surface area (Å²) in [6.45, 7) is 2.53. The minimum absolute atomic E-state index is 0.135. The summed E-state index contributed by atoms with van der Waals surface area (Å²) >= 11 is 0. The van der Waals surface area contributed by atoms with E-state index < -0.39 is 0 Å². The number of nitrogens with one attached hydrogen (secondary N) is 1. The van der Waals surface area contributed by atoms with Crippen molar-refractivity contribution in [1.29, 1.82) is 0 Å². The number of carbonyl (C=O) groups is 1. The number of ether oxygens (including phenoxy) is 1. The molecule has 0 aliphatic carbocycles. The molecule has 1 atom stereocenters. The highest BCUT2D eigenvalue weighted by atomic mass is 16.5. The fourth-order valence-electron chi connectivity index (χ4n) is 2.34. The molecule has 0 bridgehead atoms. The van der Waals surface area contributed by atoms with Crippen LogP contribution in [0.3, 0.4) is 0 Å². The van der Waals surface area contributed by atoms with E-state index in [0.717, 1.165) is 24.1 Å². The van der Waals surface area contributed by atoms with Crippen LogP contribution in [0.25, 0.3) is 11.4 Å². The SMILES string of the molecule is Cc1cc(NC(=O)[C@H]2CCCO2)nc(-c2ccccc2)n1. The number of amides is 1. The van der Waals surface area contributed by atoms with E-state index in [1.54, 1.807) is 6.07 Å². The summed E-state index contributed by atoms with van der Waals surface area (Å²) < 4.78 is 5.38. The van der Waals surface area contributed by atoms with Gasteiger partial charge in [0.15, 0.2) is 5.82 Å². The number of rotatable bonds is 3. The van der Waals surface area contributed by atoms with Crippen molar-refractivity contribution >= 4 is 11.7 Å². The Bertz CT molecular complexity index is 637. The Morgan fingerprint density at radius 3 is 2.81 bits per heavy atom. The Balaban J connectivity index is 1.82. The van der Waals surface area contributed by atoms with Crippen LogP contribution in [0, 0.1) is 6.92 Å². The summed E-state index contributed by atoms with van der Waals surface area (Å²) in [5.41, 5.74) is 1.74. The quantitative estimate of drug-likeness (QED) is 0.940. The molecule has 1 N–H and O–H groups in total. The summed E-state index contributed by atoms with van der Waals surface area (Å²) in [6, 6.07) is 11.5. The molecule has 0 unspecified atom stereocenters. The zero-order valence-corrected chi connectivity index (χ0v) is 11.9. The summed E-state index contributed by atoms with van der Waals surface area (Å²) in [5.74, 6) is 0.990. The molecule has 0 radical (unpaired) electrons. The molecule has 5 nitrogen and oxygen atoms in total. The van der Waals surface area contributed by atoms with E-state index in [9.17, 15) is 4.79 Å². The van der Waals surface area contributed by atoms with Crippen molar-refractivity contribution in [3.8, 4) is 11.4 Å².